The van der Waals surface area contributed by atoms with Gasteiger partial charge in [0.25, 0.3) is 0 Å². The van der Waals surface area contributed by atoms with E-state index in [1.54, 1.807) is 5.57 Å². The van der Waals surface area contributed by atoms with Crippen LogP contribution in [-0.2, 0) is 9.53 Å². The van der Waals surface area contributed by atoms with E-state index >= 15 is 0 Å². The Hall–Kier alpha value is -0.630. The number of allylic oxidation sites excluding steroid dienone is 1. The van der Waals surface area contributed by atoms with Crippen molar-refractivity contribution in [2.75, 3.05) is 0 Å². The van der Waals surface area contributed by atoms with Crippen molar-refractivity contribution >= 4 is 5.78 Å². The molecule has 0 N–H and O–H groups in total. The number of ether oxygens (including phenoxy) is 1. The minimum Gasteiger partial charge on any atom is -0.369 e. The molecular weight excluding hydrogens is 272 g/mol. The van der Waals surface area contributed by atoms with Crippen molar-refractivity contribution in [1.82, 2.24) is 0 Å². The van der Waals surface area contributed by atoms with E-state index in [0.29, 0.717) is 35.2 Å². The molecule has 0 spiro atoms. The quantitative estimate of drug-likeness (QED) is 0.497. The molecule has 22 heavy (non-hydrogen) atoms. The SMILES string of the molecule is CC1CC(=O)C2(C)CCC3C(CC=C4CC5OC5CC43C)C12. The number of ketones is 1. The second-order valence-corrected chi connectivity index (χ2v) is 9.36. The molecule has 0 amide bonds. The lowest BCUT2D eigenvalue weighted by atomic mass is 9.47. The van der Waals surface area contributed by atoms with Crippen LogP contribution in [0.15, 0.2) is 11.6 Å². The van der Waals surface area contributed by atoms with Gasteiger partial charge < -0.3 is 4.74 Å². The van der Waals surface area contributed by atoms with Gasteiger partial charge in [0.15, 0.2) is 0 Å². The van der Waals surface area contributed by atoms with Crippen LogP contribution in [0.25, 0.3) is 0 Å². The third-order valence-corrected chi connectivity index (χ3v) is 8.37. The zero-order chi connectivity index (χ0) is 15.3. The van der Waals surface area contributed by atoms with E-state index in [9.17, 15) is 4.79 Å². The first-order valence-electron chi connectivity index (χ1n) is 9.32. The molecule has 1 aliphatic heterocycles. The van der Waals surface area contributed by atoms with Crippen LogP contribution in [0.3, 0.4) is 0 Å². The highest BCUT2D eigenvalue weighted by molar-refractivity contribution is 5.87. The van der Waals surface area contributed by atoms with E-state index in [-0.39, 0.29) is 5.41 Å². The van der Waals surface area contributed by atoms with E-state index in [0.717, 1.165) is 24.7 Å². The summed E-state index contributed by atoms with van der Waals surface area (Å²) in [5.41, 5.74) is 2.02. The lowest BCUT2D eigenvalue weighted by Crippen LogP contribution is -2.51. The molecule has 5 rings (SSSR count). The molecule has 8 atom stereocenters. The van der Waals surface area contributed by atoms with Gasteiger partial charge in [-0.15, -0.1) is 0 Å². The number of hydrogen-bond acceptors (Lipinski definition) is 2. The summed E-state index contributed by atoms with van der Waals surface area (Å²) in [7, 11) is 0. The molecule has 2 nitrogen and oxygen atoms in total. The van der Waals surface area contributed by atoms with E-state index in [4.69, 9.17) is 4.74 Å². The second-order valence-electron chi connectivity index (χ2n) is 9.36. The molecule has 120 valence electrons. The summed E-state index contributed by atoms with van der Waals surface area (Å²) in [6.45, 7) is 7.12. The maximum atomic E-state index is 12.6. The monoisotopic (exact) mass is 300 g/mol. The number of fused-ring (bicyclic) bond motifs is 6. The summed E-state index contributed by atoms with van der Waals surface area (Å²) in [6, 6.07) is 0. The first kappa shape index (κ1) is 13.8. The first-order valence-corrected chi connectivity index (χ1v) is 9.32. The van der Waals surface area contributed by atoms with Gasteiger partial charge in [-0.3, -0.25) is 4.79 Å². The summed E-state index contributed by atoms with van der Waals surface area (Å²) in [5, 5.41) is 0. The Bertz CT molecular complexity index is 578. The van der Waals surface area contributed by atoms with Crippen molar-refractivity contribution in [3.05, 3.63) is 11.6 Å². The molecule has 4 fully saturated rings. The normalized spacial score (nSPS) is 59.0. The molecule has 8 unspecified atom stereocenters. The van der Waals surface area contributed by atoms with Gasteiger partial charge in [0, 0.05) is 11.8 Å². The highest BCUT2D eigenvalue weighted by Crippen LogP contribution is 2.66. The Morgan fingerprint density at radius 3 is 2.82 bits per heavy atom. The molecular formula is C20H28O2. The zero-order valence-electron chi connectivity index (χ0n) is 14.1. The molecule has 3 saturated carbocycles. The topological polar surface area (TPSA) is 29.6 Å². The summed E-state index contributed by atoms with van der Waals surface area (Å²) < 4.78 is 5.86. The van der Waals surface area contributed by atoms with Gasteiger partial charge in [-0.05, 0) is 61.2 Å². The van der Waals surface area contributed by atoms with Crippen molar-refractivity contribution < 1.29 is 9.53 Å². The third-order valence-electron chi connectivity index (χ3n) is 8.37. The number of carbonyl (C=O) groups excluding carboxylic acids is 1. The second kappa shape index (κ2) is 4.06. The fourth-order valence-electron chi connectivity index (χ4n) is 7.21. The van der Waals surface area contributed by atoms with E-state index < -0.39 is 0 Å². The highest BCUT2D eigenvalue weighted by atomic mass is 16.6. The lowest BCUT2D eigenvalue weighted by molar-refractivity contribution is -0.132. The number of epoxide rings is 1. The predicted octanol–water partition coefficient (Wildman–Crippen LogP) is 4.14. The predicted molar refractivity (Wildman–Crippen MR) is 85.3 cm³/mol. The maximum Gasteiger partial charge on any atom is 0.139 e. The molecule has 0 aromatic carbocycles. The standard InChI is InChI=1S/C20H28O2/c1-11-8-17(21)19(2)7-6-14-13(18(11)19)5-4-12-9-15-16(22-15)10-20(12,14)3/h4,11,13-16,18H,5-10H2,1-3H3. The number of hydrogen-bond donors (Lipinski definition) is 0. The van der Waals surface area contributed by atoms with Gasteiger partial charge in [0.1, 0.15) is 5.78 Å². The van der Waals surface area contributed by atoms with Crippen LogP contribution in [0.4, 0.5) is 0 Å². The van der Waals surface area contributed by atoms with Crippen molar-refractivity contribution in [2.45, 2.75) is 71.5 Å². The zero-order valence-corrected chi connectivity index (χ0v) is 14.1. The van der Waals surface area contributed by atoms with Crippen molar-refractivity contribution in [3.63, 3.8) is 0 Å². The van der Waals surface area contributed by atoms with Crippen LogP contribution in [0.1, 0.15) is 59.3 Å². The van der Waals surface area contributed by atoms with Crippen LogP contribution in [0.2, 0.25) is 0 Å². The van der Waals surface area contributed by atoms with Gasteiger partial charge in [-0.2, -0.15) is 0 Å². The molecule has 0 aromatic rings. The molecule has 0 radical (unpaired) electrons. The van der Waals surface area contributed by atoms with Crippen molar-refractivity contribution in [3.8, 4) is 0 Å². The Kier molecular flexibility index (Phi) is 2.54. The molecule has 4 aliphatic carbocycles. The largest absolute Gasteiger partial charge is 0.369 e. The van der Waals surface area contributed by atoms with Gasteiger partial charge in [-0.25, -0.2) is 0 Å². The van der Waals surface area contributed by atoms with Gasteiger partial charge in [0.2, 0.25) is 0 Å². The highest BCUT2D eigenvalue weighted by Gasteiger charge is 2.63. The van der Waals surface area contributed by atoms with Crippen LogP contribution in [-0.4, -0.2) is 18.0 Å². The minimum absolute atomic E-state index is 0.0183. The molecule has 5 aliphatic rings. The van der Waals surface area contributed by atoms with Gasteiger partial charge in [0.05, 0.1) is 12.2 Å². The number of rotatable bonds is 0. The van der Waals surface area contributed by atoms with Crippen LogP contribution in [0.5, 0.6) is 0 Å². The van der Waals surface area contributed by atoms with E-state index in [1.807, 2.05) is 0 Å². The van der Waals surface area contributed by atoms with Crippen molar-refractivity contribution in [2.24, 2.45) is 34.5 Å². The van der Waals surface area contributed by atoms with Crippen LogP contribution >= 0.6 is 0 Å². The lowest BCUT2D eigenvalue weighted by Gasteiger charge is -2.56. The molecule has 1 heterocycles. The summed E-state index contributed by atoms with van der Waals surface area (Å²) in [6.07, 6.45) is 10.5. The molecule has 0 bridgehead atoms. The molecule has 0 aromatic heterocycles. The van der Waals surface area contributed by atoms with Gasteiger partial charge >= 0.3 is 0 Å². The number of carbonyl (C=O) groups is 1. The van der Waals surface area contributed by atoms with Crippen molar-refractivity contribution in [1.29, 1.82) is 0 Å². The molecule has 1 saturated heterocycles. The Morgan fingerprint density at radius 1 is 1.18 bits per heavy atom. The smallest absolute Gasteiger partial charge is 0.139 e. The average Bonchev–Trinajstić information content (AvgIpc) is 3.15. The maximum absolute atomic E-state index is 12.6. The Balaban J connectivity index is 1.55. The average molecular weight is 300 g/mol. The third kappa shape index (κ3) is 1.53. The molecule has 2 heteroatoms. The summed E-state index contributed by atoms with van der Waals surface area (Å²) in [4.78, 5) is 12.6. The van der Waals surface area contributed by atoms with Crippen LogP contribution in [0, 0.1) is 34.5 Å². The Labute approximate surface area is 133 Å². The van der Waals surface area contributed by atoms with Gasteiger partial charge in [-0.1, -0.05) is 32.4 Å². The van der Waals surface area contributed by atoms with E-state index in [2.05, 4.69) is 26.8 Å². The van der Waals surface area contributed by atoms with Crippen LogP contribution < -0.4 is 0 Å². The fourth-order valence-corrected chi connectivity index (χ4v) is 7.21. The first-order chi connectivity index (χ1) is 10.4. The Morgan fingerprint density at radius 2 is 2.00 bits per heavy atom. The fraction of sp³-hybridized carbons (Fsp3) is 0.850. The summed E-state index contributed by atoms with van der Waals surface area (Å²) in [5.74, 6) is 3.26. The van der Waals surface area contributed by atoms with E-state index in [1.165, 1.54) is 25.7 Å². The summed E-state index contributed by atoms with van der Waals surface area (Å²) >= 11 is 0. The number of Topliss-reactive ketones (excluding diaryl/α,β-unsaturated/α-hetero) is 1. The minimum atomic E-state index is -0.0183.